The van der Waals surface area contributed by atoms with Crippen molar-refractivity contribution in [3.8, 4) is 61.3 Å². The van der Waals surface area contributed by atoms with Crippen LogP contribution in [0.4, 0.5) is 0 Å². The van der Waals surface area contributed by atoms with Gasteiger partial charge in [-0.3, -0.25) is 0 Å². The van der Waals surface area contributed by atoms with Crippen molar-refractivity contribution in [1.29, 1.82) is 0 Å². The third-order valence-corrected chi connectivity index (χ3v) is 14.4. The molecule has 2 aliphatic rings. The highest BCUT2D eigenvalue weighted by Gasteiger charge is 2.38. The SMILES string of the molecule is CC1(C)c2ccccc2-c2ccc(-c3ccc4c(c3)c3cc(-c5ccc(-c6cccc7c6oc6c8c(ccc67)C(C)(C)c6ccccc6-8)cc5)ccc3n4-c3ccccc3)cc21. The number of fused-ring (bicyclic) bond motifs is 13. The minimum absolute atomic E-state index is 0.0528. The van der Waals surface area contributed by atoms with E-state index in [1.807, 2.05) is 0 Å². The van der Waals surface area contributed by atoms with Crippen LogP contribution in [0.15, 0.2) is 192 Å². The number of rotatable bonds is 4. The van der Waals surface area contributed by atoms with Crippen molar-refractivity contribution >= 4 is 43.7 Å². The van der Waals surface area contributed by atoms with Gasteiger partial charge in [-0.15, -0.1) is 0 Å². The van der Waals surface area contributed by atoms with E-state index in [1.54, 1.807) is 0 Å². The summed E-state index contributed by atoms with van der Waals surface area (Å²) >= 11 is 0. The lowest BCUT2D eigenvalue weighted by Crippen LogP contribution is -2.14. The van der Waals surface area contributed by atoms with Gasteiger partial charge in [0.05, 0.1) is 11.0 Å². The van der Waals surface area contributed by atoms with Gasteiger partial charge in [-0.2, -0.15) is 0 Å². The Hall–Kier alpha value is -7.42. The maximum absolute atomic E-state index is 6.96. The molecule has 2 heteroatoms. The normalized spacial score (nSPS) is 14.4. The first-order valence-corrected chi connectivity index (χ1v) is 21.8. The third-order valence-electron chi connectivity index (χ3n) is 14.4. The largest absolute Gasteiger partial charge is 0.455 e. The van der Waals surface area contributed by atoms with Crippen LogP contribution in [0.5, 0.6) is 0 Å². The van der Waals surface area contributed by atoms with Crippen LogP contribution in [0.1, 0.15) is 49.9 Å². The fraction of sp³-hybridized carbons (Fsp3) is 0.100. The Bertz CT molecular complexity index is 3670. The van der Waals surface area contributed by atoms with Crippen molar-refractivity contribution in [1.82, 2.24) is 4.57 Å². The molecule has 2 heterocycles. The summed E-state index contributed by atoms with van der Waals surface area (Å²) in [5, 5.41) is 4.81. The van der Waals surface area contributed by atoms with Gasteiger partial charge in [-0.25, -0.2) is 0 Å². The zero-order valence-electron chi connectivity index (χ0n) is 35.3. The number of hydrogen-bond acceptors (Lipinski definition) is 1. The van der Waals surface area contributed by atoms with Gasteiger partial charge in [0.2, 0.25) is 0 Å². The van der Waals surface area contributed by atoms with Crippen LogP contribution in [0, 0.1) is 0 Å². The summed E-state index contributed by atoms with van der Waals surface area (Å²) in [7, 11) is 0. The molecule has 0 fully saturated rings. The van der Waals surface area contributed by atoms with Crippen LogP contribution < -0.4 is 0 Å². The number of benzene rings is 9. The molecule has 0 spiro atoms. The van der Waals surface area contributed by atoms with Gasteiger partial charge in [0.1, 0.15) is 11.2 Å². The number of hydrogen-bond donors (Lipinski definition) is 0. The van der Waals surface area contributed by atoms with Gasteiger partial charge < -0.3 is 8.98 Å². The van der Waals surface area contributed by atoms with Crippen LogP contribution in [0.2, 0.25) is 0 Å². The second kappa shape index (κ2) is 12.6. The molecular formula is C60H43NO. The van der Waals surface area contributed by atoms with E-state index in [0.717, 1.165) is 33.4 Å². The van der Waals surface area contributed by atoms with Crippen molar-refractivity contribution in [2.75, 3.05) is 0 Å². The topological polar surface area (TPSA) is 18.1 Å². The number of para-hydroxylation sites is 2. The predicted molar refractivity (Wildman–Crippen MR) is 259 cm³/mol. The summed E-state index contributed by atoms with van der Waals surface area (Å²) in [6.45, 7) is 9.36. The number of furan rings is 1. The van der Waals surface area contributed by atoms with Crippen molar-refractivity contribution < 1.29 is 4.42 Å². The van der Waals surface area contributed by atoms with Crippen LogP contribution in [0.25, 0.3) is 105 Å². The molecule has 9 aromatic carbocycles. The molecule has 2 aromatic heterocycles. The van der Waals surface area contributed by atoms with Gasteiger partial charge in [0.15, 0.2) is 0 Å². The van der Waals surface area contributed by atoms with Crippen LogP contribution in [0.3, 0.4) is 0 Å². The minimum atomic E-state index is -0.0767. The summed E-state index contributed by atoms with van der Waals surface area (Å²) in [6, 6.07) is 69.6. The summed E-state index contributed by atoms with van der Waals surface area (Å²) in [4.78, 5) is 0. The zero-order chi connectivity index (χ0) is 41.5. The lowest BCUT2D eigenvalue weighted by atomic mass is 9.81. The molecule has 0 saturated carbocycles. The summed E-state index contributed by atoms with van der Waals surface area (Å²) in [5.74, 6) is 0. The highest BCUT2D eigenvalue weighted by molar-refractivity contribution is 6.15. The van der Waals surface area contributed by atoms with Gasteiger partial charge in [0.25, 0.3) is 0 Å². The summed E-state index contributed by atoms with van der Waals surface area (Å²) in [5.41, 5.74) is 23.1. The Morgan fingerprint density at radius 2 is 0.871 bits per heavy atom. The van der Waals surface area contributed by atoms with Crippen LogP contribution >= 0.6 is 0 Å². The first-order chi connectivity index (χ1) is 30.3. The number of aromatic nitrogens is 1. The van der Waals surface area contributed by atoms with Crippen molar-refractivity contribution in [2.24, 2.45) is 0 Å². The molecule has 2 nitrogen and oxygen atoms in total. The van der Waals surface area contributed by atoms with Gasteiger partial charge >= 0.3 is 0 Å². The zero-order valence-corrected chi connectivity index (χ0v) is 35.3. The molecule has 62 heavy (non-hydrogen) atoms. The van der Waals surface area contributed by atoms with E-state index in [-0.39, 0.29) is 10.8 Å². The lowest BCUT2D eigenvalue weighted by Gasteiger charge is -2.22. The fourth-order valence-electron chi connectivity index (χ4n) is 11.2. The van der Waals surface area contributed by atoms with Crippen LogP contribution in [-0.2, 0) is 10.8 Å². The van der Waals surface area contributed by atoms with E-state index >= 15 is 0 Å². The molecule has 13 rings (SSSR count). The quantitative estimate of drug-likeness (QED) is 0.174. The molecule has 0 unspecified atom stereocenters. The van der Waals surface area contributed by atoms with E-state index in [4.69, 9.17) is 4.42 Å². The molecule has 0 N–H and O–H groups in total. The Morgan fingerprint density at radius 1 is 0.339 bits per heavy atom. The standard InChI is InChI=1S/C60H43NO/c1-59(2)51-20-11-9-16-47(51)56-52(59)30-29-46-45-18-12-17-42(57(45)62-58(46)56)37-23-21-36(22-24-37)38-26-31-54-48(33-38)49-34-39(27-32-55(49)61(54)41-13-6-5-7-14-41)40-25-28-44-43-15-8-10-19-50(43)60(3,4)53(44)35-40/h5-35H,1-4H3. The van der Waals surface area contributed by atoms with Gasteiger partial charge in [-0.05, 0) is 109 Å². The van der Waals surface area contributed by atoms with Crippen molar-refractivity contribution in [3.63, 3.8) is 0 Å². The molecule has 0 amide bonds. The highest BCUT2D eigenvalue weighted by Crippen LogP contribution is 2.53. The molecule has 0 saturated heterocycles. The van der Waals surface area contributed by atoms with Gasteiger partial charge in [-0.1, -0.05) is 173 Å². The molecule has 2 aliphatic carbocycles. The Labute approximate surface area is 361 Å². The second-order valence-corrected chi connectivity index (χ2v) is 18.5. The lowest BCUT2D eigenvalue weighted by molar-refractivity contribution is 0.653. The smallest absolute Gasteiger partial charge is 0.143 e. The van der Waals surface area contributed by atoms with Gasteiger partial charge in [0, 0.05) is 49.2 Å². The molecule has 0 aliphatic heterocycles. The van der Waals surface area contributed by atoms with E-state index in [1.165, 1.54) is 94.0 Å². The summed E-state index contributed by atoms with van der Waals surface area (Å²) in [6.07, 6.45) is 0. The summed E-state index contributed by atoms with van der Waals surface area (Å²) < 4.78 is 9.37. The van der Waals surface area contributed by atoms with E-state index in [0.29, 0.717) is 0 Å². The maximum Gasteiger partial charge on any atom is 0.143 e. The van der Waals surface area contributed by atoms with E-state index < -0.39 is 0 Å². The Morgan fingerprint density at radius 3 is 1.61 bits per heavy atom. The Kier molecular flexibility index (Phi) is 7.16. The molecular weight excluding hydrogens is 751 g/mol. The predicted octanol–water partition coefficient (Wildman–Crippen LogP) is 16.3. The monoisotopic (exact) mass is 793 g/mol. The first kappa shape index (κ1) is 35.3. The average molecular weight is 794 g/mol. The fourth-order valence-corrected chi connectivity index (χ4v) is 11.2. The average Bonchev–Trinajstić information content (AvgIpc) is 4.00. The van der Waals surface area contributed by atoms with Crippen molar-refractivity contribution in [2.45, 2.75) is 38.5 Å². The molecule has 0 atom stereocenters. The molecule has 294 valence electrons. The molecule has 0 radical (unpaired) electrons. The third kappa shape index (κ3) is 4.81. The maximum atomic E-state index is 6.96. The molecule has 11 aromatic rings. The van der Waals surface area contributed by atoms with Crippen LogP contribution in [-0.4, -0.2) is 4.57 Å². The van der Waals surface area contributed by atoms with E-state index in [9.17, 15) is 0 Å². The van der Waals surface area contributed by atoms with Crippen molar-refractivity contribution in [3.05, 3.63) is 210 Å². The highest BCUT2D eigenvalue weighted by atomic mass is 16.3. The second-order valence-electron chi connectivity index (χ2n) is 18.5. The Balaban J connectivity index is 0.918. The van der Waals surface area contributed by atoms with E-state index in [2.05, 4.69) is 220 Å². The number of nitrogens with zero attached hydrogens (tertiary/aromatic N) is 1. The molecule has 0 bridgehead atoms. The first-order valence-electron chi connectivity index (χ1n) is 21.8. The minimum Gasteiger partial charge on any atom is -0.455 e.